The Morgan fingerprint density at radius 1 is 1.19 bits per heavy atom. The van der Waals surface area contributed by atoms with Crippen molar-refractivity contribution < 1.29 is 23.0 Å². The number of benzene rings is 1. The Labute approximate surface area is 116 Å². The third kappa shape index (κ3) is 2.55. The Morgan fingerprint density at radius 2 is 1.95 bits per heavy atom. The fourth-order valence-electron chi connectivity index (χ4n) is 1.82. The van der Waals surface area contributed by atoms with Gasteiger partial charge in [-0.25, -0.2) is 0 Å². The van der Waals surface area contributed by atoms with E-state index in [1.807, 2.05) is 0 Å². The first-order chi connectivity index (χ1) is 9.94. The molecule has 0 fully saturated rings. The van der Waals surface area contributed by atoms with Gasteiger partial charge in [0.2, 0.25) is 0 Å². The average Bonchev–Trinajstić information content (AvgIpc) is 2.72. The molecule has 2 N–H and O–H groups in total. The van der Waals surface area contributed by atoms with Gasteiger partial charge in [-0.05, 0) is 12.1 Å². The van der Waals surface area contributed by atoms with Crippen LogP contribution in [0.4, 0.5) is 14.5 Å². The first-order valence-corrected chi connectivity index (χ1v) is 5.83. The van der Waals surface area contributed by atoms with Crippen molar-refractivity contribution in [1.29, 1.82) is 0 Å². The highest BCUT2D eigenvalue weighted by molar-refractivity contribution is 6.04. The number of H-pyrrole nitrogens is 1. The number of aromatic amines is 1. The molecule has 0 unspecified atom stereocenters. The van der Waals surface area contributed by atoms with Crippen molar-refractivity contribution in [1.82, 2.24) is 4.98 Å². The van der Waals surface area contributed by atoms with Crippen LogP contribution in [-0.2, 0) is 0 Å². The number of hydrogen-bond acceptors (Lipinski definition) is 4. The number of anilines is 1. The van der Waals surface area contributed by atoms with Crippen molar-refractivity contribution in [2.45, 2.75) is 6.29 Å². The predicted molar refractivity (Wildman–Crippen MR) is 67.7 cm³/mol. The summed E-state index contributed by atoms with van der Waals surface area (Å²) in [5, 5.41) is 2.42. The molecule has 8 heteroatoms. The summed E-state index contributed by atoms with van der Waals surface area (Å²) in [6.07, 6.45) is -1.08. The second-order valence-corrected chi connectivity index (χ2v) is 4.21. The molecule has 108 valence electrons. The van der Waals surface area contributed by atoms with E-state index in [0.29, 0.717) is 0 Å². The molecule has 1 aliphatic heterocycles. The number of nitrogens with one attached hydrogen (secondary N) is 2. The largest absolute Gasteiger partial charge is 0.586 e. The molecule has 6 nitrogen and oxygen atoms in total. The second kappa shape index (κ2) is 4.58. The third-order valence-corrected chi connectivity index (χ3v) is 2.73. The maximum Gasteiger partial charge on any atom is 0.586 e. The van der Waals surface area contributed by atoms with Crippen LogP contribution in [0.25, 0.3) is 0 Å². The number of ether oxygens (including phenoxy) is 2. The molecule has 1 aromatic heterocycles. The summed E-state index contributed by atoms with van der Waals surface area (Å²) in [5.41, 5.74) is -0.359. The summed E-state index contributed by atoms with van der Waals surface area (Å²) < 4.78 is 34.2. The zero-order chi connectivity index (χ0) is 15.0. The predicted octanol–water partition coefficient (Wildman–Crippen LogP) is 1.95. The van der Waals surface area contributed by atoms with Gasteiger partial charge in [0, 0.05) is 30.2 Å². The summed E-state index contributed by atoms with van der Waals surface area (Å²) >= 11 is 0. The van der Waals surface area contributed by atoms with Crippen LogP contribution in [0.15, 0.2) is 41.5 Å². The molecule has 3 rings (SSSR count). The molecular formula is C13H8F2N2O4. The highest BCUT2D eigenvalue weighted by atomic mass is 19.3. The van der Waals surface area contributed by atoms with E-state index in [1.165, 1.54) is 36.7 Å². The van der Waals surface area contributed by atoms with Crippen LogP contribution in [-0.4, -0.2) is 17.2 Å². The number of pyridine rings is 1. The van der Waals surface area contributed by atoms with Gasteiger partial charge in [-0.15, -0.1) is 8.78 Å². The molecule has 2 heterocycles. The van der Waals surface area contributed by atoms with E-state index in [4.69, 9.17) is 0 Å². The lowest BCUT2D eigenvalue weighted by Gasteiger charge is -2.05. The van der Waals surface area contributed by atoms with Gasteiger partial charge >= 0.3 is 6.29 Å². The molecular weight excluding hydrogens is 286 g/mol. The van der Waals surface area contributed by atoms with E-state index in [9.17, 15) is 18.4 Å². The fraction of sp³-hybridized carbons (Fsp3) is 0.0769. The van der Waals surface area contributed by atoms with Crippen molar-refractivity contribution in [3.63, 3.8) is 0 Å². The number of aromatic nitrogens is 1. The van der Waals surface area contributed by atoms with E-state index in [-0.39, 0.29) is 22.7 Å². The molecule has 0 atom stereocenters. The topological polar surface area (TPSA) is 80.4 Å². The molecule has 1 amide bonds. The zero-order valence-electron chi connectivity index (χ0n) is 10.4. The van der Waals surface area contributed by atoms with Crippen LogP contribution in [0.2, 0.25) is 0 Å². The first-order valence-electron chi connectivity index (χ1n) is 5.83. The zero-order valence-corrected chi connectivity index (χ0v) is 10.4. The van der Waals surface area contributed by atoms with Crippen molar-refractivity contribution in [3.05, 3.63) is 52.4 Å². The van der Waals surface area contributed by atoms with Crippen LogP contribution in [0.5, 0.6) is 11.5 Å². The SMILES string of the molecule is O=C(Nc1ccc2c(c1)OC(F)(F)O2)c1c[nH]ccc1=O. The summed E-state index contributed by atoms with van der Waals surface area (Å²) in [7, 11) is 0. The normalized spacial score (nSPS) is 14.8. The lowest BCUT2D eigenvalue weighted by molar-refractivity contribution is -0.286. The summed E-state index contributed by atoms with van der Waals surface area (Å²) in [4.78, 5) is 26.0. The minimum Gasteiger partial charge on any atom is -0.395 e. The number of amides is 1. The van der Waals surface area contributed by atoms with Crippen LogP contribution < -0.4 is 20.2 Å². The molecule has 0 saturated carbocycles. The van der Waals surface area contributed by atoms with Crippen molar-refractivity contribution in [3.8, 4) is 11.5 Å². The number of carbonyl (C=O) groups excluding carboxylic acids is 1. The van der Waals surface area contributed by atoms with Gasteiger partial charge in [0.05, 0.1) is 0 Å². The molecule has 21 heavy (non-hydrogen) atoms. The maximum atomic E-state index is 12.9. The smallest absolute Gasteiger partial charge is 0.395 e. The van der Waals surface area contributed by atoms with Crippen molar-refractivity contribution in [2.75, 3.05) is 5.32 Å². The van der Waals surface area contributed by atoms with Gasteiger partial charge in [-0.1, -0.05) is 0 Å². The minimum absolute atomic E-state index is 0.0968. The summed E-state index contributed by atoms with van der Waals surface area (Å²) in [6, 6.07) is 4.99. The highest BCUT2D eigenvalue weighted by Crippen LogP contribution is 2.42. The molecule has 1 aliphatic rings. The van der Waals surface area contributed by atoms with Gasteiger partial charge < -0.3 is 19.8 Å². The van der Waals surface area contributed by atoms with E-state index in [0.717, 1.165) is 0 Å². The molecule has 1 aromatic carbocycles. The highest BCUT2D eigenvalue weighted by Gasteiger charge is 2.43. The molecule has 0 radical (unpaired) electrons. The van der Waals surface area contributed by atoms with Crippen LogP contribution >= 0.6 is 0 Å². The lowest BCUT2D eigenvalue weighted by atomic mass is 10.2. The van der Waals surface area contributed by atoms with Crippen molar-refractivity contribution >= 4 is 11.6 Å². The Kier molecular flexibility index (Phi) is 2.86. The van der Waals surface area contributed by atoms with E-state index >= 15 is 0 Å². The Morgan fingerprint density at radius 3 is 2.71 bits per heavy atom. The average molecular weight is 294 g/mol. The molecule has 0 spiro atoms. The minimum atomic E-state index is -3.72. The van der Waals surface area contributed by atoms with E-state index in [2.05, 4.69) is 19.8 Å². The van der Waals surface area contributed by atoms with Gasteiger partial charge in [0.25, 0.3) is 5.91 Å². The first kappa shape index (κ1) is 13.1. The molecule has 2 aromatic rings. The Balaban J connectivity index is 1.83. The fourth-order valence-corrected chi connectivity index (χ4v) is 1.82. The Bertz CT molecular complexity index is 773. The molecule has 0 aliphatic carbocycles. The third-order valence-electron chi connectivity index (χ3n) is 2.73. The lowest BCUT2D eigenvalue weighted by Crippen LogP contribution is -2.25. The van der Waals surface area contributed by atoms with E-state index in [1.54, 1.807) is 0 Å². The number of alkyl halides is 2. The van der Waals surface area contributed by atoms with Crippen LogP contribution in [0.1, 0.15) is 10.4 Å². The van der Waals surface area contributed by atoms with Gasteiger partial charge in [0.1, 0.15) is 5.56 Å². The second-order valence-electron chi connectivity index (χ2n) is 4.21. The van der Waals surface area contributed by atoms with Crippen molar-refractivity contribution in [2.24, 2.45) is 0 Å². The number of fused-ring (bicyclic) bond motifs is 1. The number of halogens is 2. The molecule has 0 saturated heterocycles. The summed E-state index contributed by atoms with van der Waals surface area (Å²) in [5.74, 6) is -0.988. The monoisotopic (exact) mass is 294 g/mol. The molecule has 0 bridgehead atoms. The number of rotatable bonds is 2. The van der Waals surface area contributed by atoms with Crippen LogP contribution in [0.3, 0.4) is 0 Å². The standard InChI is InChI=1S/C13H8F2N2O4/c14-13(15)20-10-2-1-7(5-11(10)21-13)17-12(19)8-6-16-4-3-9(8)18/h1-6H,(H,16,18)(H,17,19). The quantitative estimate of drug-likeness (QED) is 0.887. The number of carbonyl (C=O) groups is 1. The number of hydrogen-bond donors (Lipinski definition) is 2. The van der Waals surface area contributed by atoms with Gasteiger partial charge in [-0.3, -0.25) is 9.59 Å². The van der Waals surface area contributed by atoms with Gasteiger partial charge in [0.15, 0.2) is 16.9 Å². The van der Waals surface area contributed by atoms with Gasteiger partial charge in [-0.2, -0.15) is 0 Å². The maximum absolute atomic E-state index is 12.9. The summed E-state index contributed by atoms with van der Waals surface area (Å²) in [6.45, 7) is 0. The van der Waals surface area contributed by atoms with E-state index < -0.39 is 17.6 Å². The van der Waals surface area contributed by atoms with Crippen LogP contribution in [0, 0.1) is 0 Å². The Hall–Kier alpha value is -2.90.